The Morgan fingerprint density at radius 3 is 0.772 bits per heavy atom. The lowest BCUT2D eigenvalue weighted by atomic mass is 10.1. The molecule has 0 saturated carbocycles. The third-order valence-electron chi connectivity index (χ3n) is 10.4. The van der Waals surface area contributed by atoms with E-state index in [0.29, 0.717) is 13.6 Å². The molecule has 0 aromatic carbocycles. The quantitative estimate of drug-likeness (QED) is 0.0348. The minimum absolute atomic E-state index is 0.327. The zero-order chi connectivity index (χ0) is 40.9. The van der Waals surface area contributed by atoms with Gasteiger partial charge in [-0.05, 0) is 103 Å². The highest BCUT2D eigenvalue weighted by atomic mass is 16.7. The second-order valence-electron chi connectivity index (χ2n) is 16.2. The van der Waals surface area contributed by atoms with Crippen molar-refractivity contribution in [3.05, 3.63) is 48.6 Å². The molecule has 0 aromatic rings. The van der Waals surface area contributed by atoms with E-state index in [4.69, 9.17) is 23.7 Å². The third-order valence-corrected chi connectivity index (χ3v) is 10.4. The van der Waals surface area contributed by atoms with Crippen LogP contribution in [0.25, 0.3) is 0 Å². The van der Waals surface area contributed by atoms with Crippen LogP contribution in [0, 0.1) is 0 Å². The zero-order valence-corrected chi connectivity index (χ0v) is 38.4. The van der Waals surface area contributed by atoms with Crippen LogP contribution in [-0.4, -0.2) is 53.2 Å². The summed E-state index contributed by atoms with van der Waals surface area (Å²) in [6, 6.07) is 0. The Bertz CT molecular complexity index is 755. The van der Waals surface area contributed by atoms with Crippen molar-refractivity contribution >= 4 is 0 Å². The van der Waals surface area contributed by atoms with Gasteiger partial charge in [-0.25, -0.2) is 0 Å². The van der Waals surface area contributed by atoms with Gasteiger partial charge in [0.15, 0.2) is 0 Å². The molecular weight excluding hydrogens is 705 g/mol. The Labute approximate surface area is 356 Å². The van der Waals surface area contributed by atoms with Crippen LogP contribution in [0.15, 0.2) is 48.6 Å². The topological polar surface area (TPSA) is 46.2 Å². The number of rotatable bonds is 50. The molecule has 0 unspecified atom stereocenters. The highest BCUT2D eigenvalue weighted by molar-refractivity contribution is 4.83. The first-order valence-electron chi connectivity index (χ1n) is 24.9. The molecule has 0 aliphatic carbocycles. The Balaban J connectivity index is 3.14. The Hall–Kier alpha value is -1.24. The van der Waals surface area contributed by atoms with Crippen LogP contribution < -0.4 is 0 Å². The molecule has 0 radical (unpaired) electrons. The van der Waals surface area contributed by atoms with Gasteiger partial charge in [-0.2, -0.15) is 0 Å². The summed E-state index contributed by atoms with van der Waals surface area (Å²) >= 11 is 0. The minimum atomic E-state index is 0.327. The van der Waals surface area contributed by atoms with Gasteiger partial charge in [0.1, 0.15) is 13.6 Å². The summed E-state index contributed by atoms with van der Waals surface area (Å²) in [7, 11) is 0. The summed E-state index contributed by atoms with van der Waals surface area (Å²) in [5, 5.41) is 0. The van der Waals surface area contributed by atoms with E-state index in [1.54, 1.807) is 0 Å². The summed E-state index contributed by atoms with van der Waals surface area (Å²) in [5.41, 5.74) is 0. The van der Waals surface area contributed by atoms with Gasteiger partial charge < -0.3 is 23.7 Å². The number of hydrogen-bond donors (Lipinski definition) is 0. The maximum absolute atomic E-state index is 5.81. The minimum Gasteiger partial charge on any atom is -0.381 e. The van der Waals surface area contributed by atoms with Gasteiger partial charge >= 0.3 is 0 Å². The lowest BCUT2D eigenvalue weighted by Gasteiger charge is -2.07. The van der Waals surface area contributed by atoms with Gasteiger partial charge in [0, 0.05) is 26.4 Å². The first-order chi connectivity index (χ1) is 28.4. The predicted octanol–water partition coefficient (Wildman–Crippen LogP) is 16.5. The van der Waals surface area contributed by atoms with Crippen LogP contribution >= 0.6 is 0 Å². The standard InChI is InChI=1S/C52H98O5/c1-3-5-7-9-11-13-15-17-19-21-23-25-27-29-33-39-45-53-47-41-35-31-37-43-49-55-51-57-52-56-50-44-38-32-36-42-48-54-46-40-34-30-28-26-24-22-20-18-16-14-12-10-8-6-4-2/h9-12,29-30,33-34H,3-8,13-28,31-32,35-52H2,1-2H3/b11-9+,12-10+,33-29-,34-30-. The molecule has 0 N–H and O–H groups in total. The van der Waals surface area contributed by atoms with Crippen LogP contribution in [0.2, 0.25) is 0 Å². The summed E-state index contributed by atoms with van der Waals surface area (Å²) in [6.45, 7) is 10.2. The van der Waals surface area contributed by atoms with E-state index >= 15 is 0 Å². The van der Waals surface area contributed by atoms with E-state index in [2.05, 4.69) is 62.5 Å². The molecule has 0 bridgehead atoms. The number of hydrogen-bond acceptors (Lipinski definition) is 5. The van der Waals surface area contributed by atoms with Crippen molar-refractivity contribution < 1.29 is 23.7 Å². The second-order valence-corrected chi connectivity index (χ2v) is 16.2. The van der Waals surface area contributed by atoms with Crippen LogP contribution in [0.5, 0.6) is 0 Å². The van der Waals surface area contributed by atoms with E-state index in [1.165, 1.54) is 180 Å². The molecular formula is C52H98O5. The highest BCUT2D eigenvalue weighted by Crippen LogP contribution is 2.12. The molecule has 0 aliphatic heterocycles. The normalized spacial score (nSPS) is 12.2. The van der Waals surface area contributed by atoms with Crippen molar-refractivity contribution in [1.82, 2.24) is 0 Å². The molecule has 336 valence electrons. The van der Waals surface area contributed by atoms with Gasteiger partial charge in [-0.1, -0.05) is 178 Å². The Morgan fingerprint density at radius 1 is 0.211 bits per heavy atom. The van der Waals surface area contributed by atoms with Crippen LogP contribution in [0.1, 0.15) is 232 Å². The van der Waals surface area contributed by atoms with Gasteiger partial charge in [0.25, 0.3) is 0 Å². The lowest BCUT2D eigenvalue weighted by molar-refractivity contribution is -0.131. The number of unbranched alkanes of at least 4 members (excludes halogenated alkanes) is 26. The number of ether oxygens (including phenoxy) is 5. The second kappa shape index (κ2) is 54.8. The Morgan fingerprint density at radius 2 is 0.456 bits per heavy atom. The monoisotopic (exact) mass is 803 g/mol. The van der Waals surface area contributed by atoms with Crippen molar-refractivity contribution in [3.63, 3.8) is 0 Å². The molecule has 5 nitrogen and oxygen atoms in total. The van der Waals surface area contributed by atoms with Crippen LogP contribution in [0.3, 0.4) is 0 Å². The fourth-order valence-electron chi connectivity index (χ4n) is 6.70. The molecule has 0 heterocycles. The van der Waals surface area contributed by atoms with E-state index in [-0.39, 0.29) is 0 Å². The SMILES string of the molecule is CCCC/C=C/CCCCCCCC/C=C\CCOCCCCCCCOCOCOCCCCCCCOCC/C=C\CCCCCCCC/C=C/CCCC. The molecule has 0 aliphatic rings. The highest BCUT2D eigenvalue weighted by Gasteiger charge is 1.97. The van der Waals surface area contributed by atoms with Gasteiger partial charge in [0.2, 0.25) is 0 Å². The molecule has 0 amide bonds. The average Bonchev–Trinajstić information content (AvgIpc) is 3.22. The van der Waals surface area contributed by atoms with Crippen molar-refractivity contribution in [1.29, 1.82) is 0 Å². The van der Waals surface area contributed by atoms with Crippen molar-refractivity contribution in [3.8, 4) is 0 Å². The molecule has 0 saturated heterocycles. The predicted molar refractivity (Wildman–Crippen MR) is 249 cm³/mol. The fraction of sp³-hybridized carbons (Fsp3) is 0.846. The van der Waals surface area contributed by atoms with Gasteiger partial charge in [-0.15, -0.1) is 0 Å². The zero-order valence-electron chi connectivity index (χ0n) is 38.4. The van der Waals surface area contributed by atoms with Gasteiger partial charge in [-0.3, -0.25) is 0 Å². The summed E-state index contributed by atoms with van der Waals surface area (Å²) < 4.78 is 28.3. The molecule has 0 rings (SSSR count). The van der Waals surface area contributed by atoms with Gasteiger partial charge in [0.05, 0.1) is 13.2 Å². The van der Waals surface area contributed by atoms with E-state index in [0.717, 1.165) is 78.2 Å². The first kappa shape index (κ1) is 55.8. The lowest BCUT2D eigenvalue weighted by Crippen LogP contribution is -2.06. The first-order valence-corrected chi connectivity index (χ1v) is 24.9. The fourth-order valence-corrected chi connectivity index (χ4v) is 6.70. The van der Waals surface area contributed by atoms with Crippen molar-refractivity contribution in [2.75, 3.05) is 53.2 Å². The van der Waals surface area contributed by atoms with E-state index in [1.807, 2.05) is 0 Å². The molecule has 0 aromatic heterocycles. The van der Waals surface area contributed by atoms with E-state index < -0.39 is 0 Å². The average molecular weight is 803 g/mol. The molecule has 57 heavy (non-hydrogen) atoms. The van der Waals surface area contributed by atoms with Crippen molar-refractivity contribution in [2.24, 2.45) is 0 Å². The maximum atomic E-state index is 5.81. The van der Waals surface area contributed by atoms with Crippen LogP contribution in [-0.2, 0) is 23.7 Å². The largest absolute Gasteiger partial charge is 0.381 e. The number of allylic oxidation sites excluding steroid dienone is 6. The summed E-state index contributed by atoms with van der Waals surface area (Å²) in [4.78, 5) is 0. The molecule has 5 heteroatoms. The molecule has 0 spiro atoms. The maximum Gasteiger partial charge on any atom is 0.149 e. The molecule has 0 fully saturated rings. The van der Waals surface area contributed by atoms with Crippen molar-refractivity contribution in [2.45, 2.75) is 232 Å². The Kier molecular flexibility index (Phi) is 53.6. The molecule has 0 atom stereocenters. The van der Waals surface area contributed by atoms with Crippen LogP contribution in [0.4, 0.5) is 0 Å². The smallest absolute Gasteiger partial charge is 0.149 e. The third kappa shape index (κ3) is 54.8. The summed E-state index contributed by atoms with van der Waals surface area (Å²) in [5.74, 6) is 0. The summed E-state index contributed by atoms with van der Waals surface area (Å²) in [6.07, 6.45) is 62.1. The van der Waals surface area contributed by atoms with E-state index in [9.17, 15) is 0 Å².